The number of nitrogens with zero attached hydrogens (tertiary/aromatic N) is 2. The van der Waals surface area contributed by atoms with Crippen LogP contribution in [0.3, 0.4) is 0 Å². The Balaban J connectivity index is 2.81. The second-order valence-corrected chi connectivity index (χ2v) is 10.2. The SMILES string of the molecule is CCOC(=O)c1cc(C)n(C(C)O[Si](C)(C)CC(F)CC)n1. The molecule has 0 amide bonds. The van der Waals surface area contributed by atoms with E-state index in [0.29, 0.717) is 19.1 Å². The zero-order chi connectivity index (χ0) is 16.9. The molecule has 0 spiro atoms. The quantitative estimate of drug-likeness (QED) is 0.536. The third-order valence-electron chi connectivity index (χ3n) is 3.40. The third-order valence-corrected chi connectivity index (χ3v) is 5.80. The summed E-state index contributed by atoms with van der Waals surface area (Å²) >= 11 is 0. The van der Waals surface area contributed by atoms with Crippen molar-refractivity contribution < 1.29 is 18.3 Å². The highest BCUT2D eigenvalue weighted by atomic mass is 28.4. The Bertz CT molecular complexity index is 505. The van der Waals surface area contributed by atoms with Gasteiger partial charge in [0.25, 0.3) is 0 Å². The van der Waals surface area contributed by atoms with E-state index in [-0.39, 0.29) is 11.9 Å². The van der Waals surface area contributed by atoms with E-state index >= 15 is 0 Å². The predicted octanol–water partition coefficient (Wildman–Crippen LogP) is 3.86. The van der Waals surface area contributed by atoms with E-state index in [1.54, 1.807) is 17.7 Å². The van der Waals surface area contributed by atoms with Gasteiger partial charge in [-0.05, 0) is 52.4 Å². The number of ether oxygens (including phenoxy) is 1. The van der Waals surface area contributed by atoms with Gasteiger partial charge in [-0.15, -0.1) is 0 Å². The number of esters is 1. The van der Waals surface area contributed by atoms with Gasteiger partial charge in [-0.2, -0.15) is 5.10 Å². The minimum Gasteiger partial charge on any atom is -0.461 e. The van der Waals surface area contributed by atoms with Crippen LogP contribution in [0.5, 0.6) is 0 Å². The monoisotopic (exact) mass is 330 g/mol. The molecule has 0 saturated carbocycles. The Hall–Kier alpha value is -1.21. The Kier molecular flexibility index (Phi) is 6.74. The zero-order valence-electron chi connectivity index (χ0n) is 14.4. The van der Waals surface area contributed by atoms with Crippen LogP contribution in [0, 0.1) is 6.92 Å². The van der Waals surface area contributed by atoms with Crippen LogP contribution in [0.25, 0.3) is 0 Å². The first kappa shape index (κ1) is 18.8. The van der Waals surface area contributed by atoms with Crippen LogP contribution in [0.4, 0.5) is 4.39 Å². The molecule has 0 fully saturated rings. The lowest BCUT2D eigenvalue weighted by molar-refractivity contribution is 0.0515. The van der Waals surface area contributed by atoms with Gasteiger partial charge in [-0.1, -0.05) is 6.92 Å². The fourth-order valence-electron chi connectivity index (χ4n) is 2.40. The largest absolute Gasteiger partial charge is 0.461 e. The Morgan fingerprint density at radius 2 is 2.09 bits per heavy atom. The highest BCUT2D eigenvalue weighted by molar-refractivity contribution is 6.71. The summed E-state index contributed by atoms with van der Waals surface area (Å²) in [7, 11) is -2.14. The zero-order valence-corrected chi connectivity index (χ0v) is 15.4. The number of alkyl halides is 1. The molecule has 0 aromatic carbocycles. The predicted molar refractivity (Wildman–Crippen MR) is 86.2 cm³/mol. The van der Waals surface area contributed by atoms with Crippen molar-refractivity contribution in [3.05, 3.63) is 17.5 Å². The van der Waals surface area contributed by atoms with Crippen molar-refractivity contribution in [3.63, 3.8) is 0 Å². The number of carbonyl (C=O) groups is 1. The van der Waals surface area contributed by atoms with Crippen LogP contribution in [0.15, 0.2) is 6.07 Å². The summed E-state index contributed by atoms with van der Waals surface area (Å²) in [5, 5.41) is 4.26. The maximum Gasteiger partial charge on any atom is 0.358 e. The topological polar surface area (TPSA) is 53.4 Å². The highest BCUT2D eigenvalue weighted by Gasteiger charge is 2.30. The average molecular weight is 330 g/mol. The summed E-state index contributed by atoms with van der Waals surface area (Å²) in [6.45, 7) is 11.6. The van der Waals surface area contributed by atoms with Crippen LogP contribution < -0.4 is 0 Å². The molecule has 1 aromatic rings. The molecule has 0 bridgehead atoms. The first-order valence-electron chi connectivity index (χ1n) is 7.75. The maximum atomic E-state index is 13.6. The number of hydrogen-bond donors (Lipinski definition) is 0. The van der Waals surface area contributed by atoms with Gasteiger partial charge in [0.15, 0.2) is 14.0 Å². The van der Waals surface area contributed by atoms with E-state index in [2.05, 4.69) is 5.10 Å². The van der Waals surface area contributed by atoms with Crippen molar-refractivity contribution in [3.8, 4) is 0 Å². The standard InChI is InChI=1S/C15H27FN2O3Si/c1-7-13(16)10-22(5,6)21-12(4)18-11(3)9-14(17-18)15(19)20-8-2/h9,12-13H,7-8,10H2,1-6H3. The van der Waals surface area contributed by atoms with Gasteiger partial charge >= 0.3 is 5.97 Å². The molecular formula is C15H27FN2O3Si. The Labute approximate surface area is 132 Å². The fourth-order valence-corrected chi connectivity index (χ4v) is 4.87. The fraction of sp³-hybridized carbons (Fsp3) is 0.733. The highest BCUT2D eigenvalue weighted by Crippen LogP contribution is 2.24. The summed E-state index contributed by atoms with van der Waals surface area (Å²) in [4.78, 5) is 11.7. The summed E-state index contributed by atoms with van der Waals surface area (Å²) in [6.07, 6.45) is -0.668. The van der Waals surface area contributed by atoms with Crippen molar-refractivity contribution in [2.24, 2.45) is 0 Å². The number of carbonyl (C=O) groups excluding carboxylic acids is 1. The molecule has 0 radical (unpaired) electrons. The summed E-state index contributed by atoms with van der Waals surface area (Å²) in [6, 6.07) is 2.13. The molecule has 22 heavy (non-hydrogen) atoms. The minimum absolute atomic E-state index is 0.270. The number of halogens is 1. The van der Waals surface area contributed by atoms with E-state index in [9.17, 15) is 9.18 Å². The number of aromatic nitrogens is 2. The van der Waals surface area contributed by atoms with Gasteiger partial charge in [0.2, 0.25) is 0 Å². The normalized spacial score (nSPS) is 14.7. The lowest BCUT2D eigenvalue weighted by atomic mass is 10.3. The number of aryl methyl sites for hydroxylation is 1. The van der Waals surface area contributed by atoms with Crippen LogP contribution >= 0.6 is 0 Å². The molecule has 5 nitrogen and oxygen atoms in total. The van der Waals surface area contributed by atoms with Gasteiger partial charge in [0, 0.05) is 5.69 Å². The van der Waals surface area contributed by atoms with Crippen molar-refractivity contribution in [1.82, 2.24) is 9.78 Å². The molecular weight excluding hydrogens is 303 g/mol. The van der Waals surface area contributed by atoms with Gasteiger partial charge in [-0.25, -0.2) is 13.9 Å². The molecule has 1 heterocycles. The van der Waals surface area contributed by atoms with Gasteiger partial charge in [0.05, 0.1) is 12.8 Å². The molecule has 2 unspecified atom stereocenters. The molecule has 2 atom stereocenters. The second-order valence-electron chi connectivity index (χ2n) is 6.02. The molecule has 1 rings (SSSR count). The lowest BCUT2D eigenvalue weighted by Crippen LogP contribution is -2.36. The van der Waals surface area contributed by atoms with Crippen LogP contribution in [-0.4, -0.2) is 36.8 Å². The van der Waals surface area contributed by atoms with Crippen molar-refractivity contribution >= 4 is 14.3 Å². The number of hydrogen-bond acceptors (Lipinski definition) is 4. The summed E-state index contributed by atoms with van der Waals surface area (Å²) < 4.78 is 26.3. The minimum atomic E-state index is -2.14. The molecule has 0 aliphatic carbocycles. The lowest BCUT2D eigenvalue weighted by Gasteiger charge is -2.29. The molecule has 0 saturated heterocycles. The average Bonchev–Trinajstić information content (AvgIpc) is 2.80. The summed E-state index contributed by atoms with van der Waals surface area (Å²) in [5.74, 6) is -0.442. The second kappa shape index (κ2) is 7.87. The maximum absolute atomic E-state index is 13.6. The van der Waals surface area contributed by atoms with Crippen molar-refractivity contribution in [2.45, 2.75) is 65.7 Å². The van der Waals surface area contributed by atoms with Crippen LogP contribution in [0.2, 0.25) is 19.1 Å². The number of rotatable bonds is 8. The van der Waals surface area contributed by atoms with Gasteiger partial charge in [-0.3, -0.25) is 0 Å². The van der Waals surface area contributed by atoms with E-state index in [4.69, 9.17) is 9.16 Å². The summed E-state index contributed by atoms with van der Waals surface area (Å²) in [5.41, 5.74) is 1.08. The third kappa shape index (κ3) is 5.21. The van der Waals surface area contributed by atoms with Crippen LogP contribution in [-0.2, 0) is 9.16 Å². The molecule has 1 aromatic heterocycles. The van der Waals surface area contributed by atoms with Gasteiger partial charge in [0.1, 0.15) is 6.23 Å². The van der Waals surface area contributed by atoms with E-state index in [1.807, 2.05) is 33.9 Å². The van der Waals surface area contributed by atoms with Crippen LogP contribution in [0.1, 0.15) is 49.6 Å². The van der Waals surface area contributed by atoms with Crippen molar-refractivity contribution in [2.75, 3.05) is 6.61 Å². The molecule has 126 valence electrons. The van der Waals surface area contributed by atoms with E-state index in [0.717, 1.165) is 5.69 Å². The first-order valence-corrected chi connectivity index (χ1v) is 10.9. The molecule has 0 N–H and O–H groups in total. The molecule has 0 aliphatic heterocycles. The van der Waals surface area contributed by atoms with E-state index < -0.39 is 20.5 Å². The smallest absolute Gasteiger partial charge is 0.358 e. The van der Waals surface area contributed by atoms with E-state index in [1.165, 1.54) is 0 Å². The first-order chi connectivity index (χ1) is 10.2. The molecule has 0 aliphatic rings. The Morgan fingerprint density at radius 3 is 2.64 bits per heavy atom. The Morgan fingerprint density at radius 1 is 1.45 bits per heavy atom. The molecule has 7 heteroatoms. The van der Waals surface area contributed by atoms with Gasteiger partial charge < -0.3 is 9.16 Å². The van der Waals surface area contributed by atoms with Crippen molar-refractivity contribution in [1.29, 1.82) is 0 Å².